The molecule has 19 heavy (non-hydrogen) atoms. The van der Waals surface area contributed by atoms with Crippen molar-refractivity contribution in [1.29, 1.82) is 0 Å². The van der Waals surface area contributed by atoms with Crippen LogP contribution in [0.5, 0.6) is 0 Å². The molecule has 0 atom stereocenters. The minimum Gasteiger partial charge on any atom is -0.382 e. The predicted molar refractivity (Wildman–Crippen MR) is 73.6 cm³/mol. The van der Waals surface area contributed by atoms with E-state index >= 15 is 0 Å². The largest absolute Gasteiger partial charge is 0.382 e. The molecule has 6 heteroatoms. The van der Waals surface area contributed by atoms with E-state index in [0.29, 0.717) is 12.4 Å². The monoisotopic (exact) mass is 256 g/mol. The Balaban J connectivity index is 1.99. The second-order valence-corrected chi connectivity index (χ2v) is 4.46. The Bertz CT molecular complexity index is 696. The molecule has 6 nitrogen and oxygen atoms in total. The highest BCUT2D eigenvalue weighted by molar-refractivity contribution is 5.88. The maximum atomic E-state index is 5.93. The summed E-state index contributed by atoms with van der Waals surface area (Å²) >= 11 is 0. The van der Waals surface area contributed by atoms with Crippen molar-refractivity contribution in [3.63, 3.8) is 0 Å². The van der Waals surface area contributed by atoms with E-state index in [9.17, 15) is 0 Å². The van der Waals surface area contributed by atoms with Crippen LogP contribution in [0.3, 0.4) is 0 Å². The van der Waals surface area contributed by atoms with Gasteiger partial charge in [-0.2, -0.15) is 10.2 Å². The number of aryl methyl sites for hydroxylation is 1. The molecule has 2 heterocycles. The van der Waals surface area contributed by atoms with Crippen molar-refractivity contribution < 1.29 is 0 Å². The van der Waals surface area contributed by atoms with Gasteiger partial charge in [0.1, 0.15) is 18.7 Å². The third-order valence-corrected chi connectivity index (χ3v) is 3.11. The highest BCUT2D eigenvalue weighted by atomic mass is 15.4. The first-order valence-corrected chi connectivity index (χ1v) is 6.37. The molecule has 0 unspecified atom stereocenters. The SMILES string of the molecule is CCCn1ncnc1Cn1nc(N)c2ccccc21. The molecule has 0 saturated carbocycles. The van der Waals surface area contributed by atoms with Crippen LogP contribution in [0.4, 0.5) is 5.82 Å². The normalized spacial score (nSPS) is 11.2. The number of hydrogen-bond donors (Lipinski definition) is 1. The van der Waals surface area contributed by atoms with Crippen molar-refractivity contribution in [2.45, 2.75) is 26.4 Å². The zero-order chi connectivity index (χ0) is 13.2. The van der Waals surface area contributed by atoms with Crippen LogP contribution in [0.25, 0.3) is 10.9 Å². The number of rotatable bonds is 4. The molecule has 3 aromatic rings. The predicted octanol–water partition coefficient (Wildman–Crippen LogP) is 1.67. The summed E-state index contributed by atoms with van der Waals surface area (Å²) in [6.45, 7) is 3.56. The molecule has 0 aliphatic rings. The van der Waals surface area contributed by atoms with E-state index in [1.54, 1.807) is 6.33 Å². The summed E-state index contributed by atoms with van der Waals surface area (Å²) in [7, 11) is 0. The number of benzene rings is 1. The zero-order valence-corrected chi connectivity index (χ0v) is 10.8. The van der Waals surface area contributed by atoms with E-state index in [1.807, 2.05) is 33.6 Å². The summed E-state index contributed by atoms with van der Waals surface area (Å²) in [5.41, 5.74) is 6.95. The first kappa shape index (κ1) is 11.7. The Hall–Kier alpha value is -2.37. The summed E-state index contributed by atoms with van der Waals surface area (Å²) < 4.78 is 3.79. The van der Waals surface area contributed by atoms with E-state index < -0.39 is 0 Å². The van der Waals surface area contributed by atoms with E-state index in [-0.39, 0.29) is 0 Å². The van der Waals surface area contributed by atoms with Crippen LogP contribution in [-0.2, 0) is 13.1 Å². The molecule has 0 saturated heterocycles. The van der Waals surface area contributed by atoms with Gasteiger partial charge in [-0.3, -0.25) is 4.68 Å². The van der Waals surface area contributed by atoms with Crippen molar-refractivity contribution in [3.8, 4) is 0 Å². The van der Waals surface area contributed by atoms with Crippen LogP contribution in [-0.4, -0.2) is 24.5 Å². The maximum absolute atomic E-state index is 5.93. The number of nitrogens with zero attached hydrogens (tertiary/aromatic N) is 5. The number of hydrogen-bond acceptors (Lipinski definition) is 4. The van der Waals surface area contributed by atoms with E-state index in [1.165, 1.54) is 0 Å². The fourth-order valence-electron chi connectivity index (χ4n) is 2.22. The molecule has 2 aromatic heterocycles. The Morgan fingerprint density at radius 3 is 2.89 bits per heavy atom. The molecular formula is C13H16N6. The number of para-hydroxylation sites is 1. The molecule has 2 N–H and O–H groups in total. The minimum atomic E-state index is 0.553. The number of anilines is 1. The summed E-state index contributed by atoms with van der Waals surface area (Å²) in [6.07, 6.45) is 2.61. The lowest BCUT2D eigenvalue weighted by atomic mass is 10.2. The van der Waals surface area contributed by atoms with Crippen LogP contribution in [0.2, 0.25) is 0 Å². The van der Waals surface area contributed by atoms with Gasteiger partial charge in [-0.25, -0.2) is 9.67 Å². The molecule has 3 rings (SSSR count). The van der Waals surface area contributed by atoms with Gasteiger partial charge in [-0.05, 0) is 18.6 Å². The van der Waals surface area contributed by atoms with Gasteiger partial charge in [0, 0.05) is 11.9 Å². The number of aromatic nitrogens is 5. The van der Waals surface area contributed by atoms with Gasteiger partial charge in [-0.15, -0.1) is 0 Å². The van der Waals surface area contributed by atoms with Gasteiger partial charge in [-0.1, -0.05) is 19.1 Å². The third-order valence-electron chi connectivity index (χ3n) is 3.11. The molecule has 0 radical (unpaired) electrons. The molecule has 1 aromatic carbocycles. The standard InChI is InChI=1S/C13H16N6/c1-2-7-18-12(15-9-16-18)8-19-11-6-4-3-5-10(11)13(14)17-19/h3-6,9H,2,7-8H2,1H3,(H2,14,17). The van der Waals surface area contributed by atoms with Crippen molar-refractivity contribution in [3.05, 3.63) is 36.4 Å². The van der Waals surface area contributed by atoms with Crippen LogP contribution in [0.15, 0.2) is 30.6 Å². The third kappa shape index (κ3) is 2.05. The van der Waals surface area contributed by atoms with Crippen LogP contribution < -0.4 is 5.73 Å². The molecule has 0 spiro atoms. The van der Waals surface area contributed by atoms with E-state index in [2.05, 4.69) is 22.1 Å². The Kier molecular flexibility index (Phi) is 2.91. The summed E-state index contributed by atoms with van der Waals surface area (Å²) in [6, 6.07) is 7.94. The smallest absolute Gasteiger partial charge is 0.153 e. The zero-order valence-electron chi connectivity index (χ0n) is 10.8. The summed E-state index contributed by atoms with van der Waals surface area (Å²) in [5, 5.41) is 9.58. The Morgan fingerprint density at radius 2 is 2.05 bits per heavy atom. The number of nitrogen functional groups attached to an aromatic ring is 1. The second-order valence-electron chi connectivity index (χ2n) is 4.46. The first-order valence-electron chi connectivity index (χ1n) is 6.37. The lowest BCUT2D eigenvalue weighted by molar-refractivity contribution is 0.545. The fraction of sp³-hybridized carbons (Fsp3) is 0.308. The lowest BCUT2D eigenvalue weighted by Gasteiger charge is -2.05. The second kappa shape index (κ2) is 4.72. The van der Waals surface area contributed by atoms with Gasteiger partial charge in [0.05, 0.1) is 5.52 Å². The average molecular weight is 256 g/mol. The average Bonchev–Trinajstić information content (AvgIpc) is 2.98. The van der Waals surface area contributed by atoms with Crippen molar-refractivity contribution in [2.24, 2.45) is 0 Å². The van der Waals surface area contributed by atoms with Crippen LogP contribution in [0.1, 0.15) is 19.2 Å². The highest BCUT2D eigenvalue weighted by Crippen LogP contribution is 2.20. The minimum absolute atomic E-state index is 0.553. The molecule has 0 fully saturated rings. The molecular weight excluding hydrogens is 240 g/mol. The topological polar surface area (TPSA) is 74.5 Å². The molecule has 0 bridgehead atoms. The van der Waals surface area contributed by atoms with Gasteiger partial charge in [0.25, 0.3) is 0 Å². The molecule has 0 amide bonds. The van der Waals surface area contributed by atoms with Crippen LogP contribution >= 0.6 is 0 Å². The van der Waals surface area contributed by atoms with E-state index in [4.69, 9.17) is 5.73 Å². The maximum Gasteiger partial charge on any atom is 0.153 e. The van der Waals surface area contributed by atoms with Gasteiger partial charge >= 0.3 is 0 Å². The number of nitrogens with two attached hydrogens (primary N) is 1. The quantitative estimate of drug-likeness (QED) is 0.770. The highest BCUT2D eigenvalue weighted by Gasteiger charge is 2.10. The lowest BCUT2D eigenvalue weighted by Crippen LogP contribution is -2.11. The number of fused-ring (bicyclic) bond motifs is 1. The summed E-state index contributed by atoms with van der Waals surface area (Å²) in [5.74, 6) is 1.45. The van der Waals surface area contributed by atoms with Gasteiger partial charge < -0.3 is 5.73 Å². The van der Waals surface area contributed by atoms with Gasteiger partial charge in [0.2, 0.25) is 0 Å². The Labute approximate surface area is 110 Å². The van der Waals surface area contributed by atoms with Crippen LogP contribution in [0, 0.1) is 0 Å². The molecule has 98 valence electrons. The van der Waals surface area contributed by atoms with Crippen molar-refractivity contribution in [2.75, 3.05) is 5.73 Å². The molecule has 0 aliphatic heterocycles. The molecule has 0 aliphatic carbocycles. The summed E-state index contributed by atoms with van der Waals surface area (Å²) in [4.78, 5) is 4.30. The van der Waals surface area contributed by atoms with E-state index in [0.717, 1.165) is 29.7 Å². The fourth-order valence-corrected chi connectivity index (χ4v) is 2.22. The first-order chi connectivity index (χ1) is 9.29. The van der Waals surface area contributed by atoms with Crippen molar-refractivity contribution >= 4 is 16.7 Å². The van der Waals surface area contributed by atoms with Gasteiger partial charge in [0.15, 0.2) is 5.82 Å². The van der Waals surface area contributed by atoms with Crippen molar-refractivity contribution in [1.82, 2.24) is 24.5 Å². The Morgan fingerprint density at radius 1 is 1.21 bits per heavy atom.